The van der Waals surface area contributed by atoms with Crippen molar-refractivity contribution in [3.63, 3.8) is 0 Å². The van der Waals surface area contributed by atoms with Gasteiger partial charge in [0.2, 0.25) is 0 Å². The van der Waals surface area contributed by atoms with Gasteiger partial charge in [0.25, 0.3) is 0 Å². The van der Waals surface area contributed by atoms with Crippen molar-refractivity contribution in [2.75, 3.05) is 0 Å². The van der Waals surface area contributed by atoms with Crippen LogP contribution in [0, 0.1) is 11.8 Å². The van der Waals surface area contributed by atoms with Crippen LogP contribution in [0.4, 0.5) is 0 Å². The number of benzene rings is 1. The van der Waals surface area contributed by atoms with Gasteiger partial charge in [-0.15, -0.1) is 0 Å². The molecule has 1 aromatic carbocycles. The summed E-state index contributed by atoms with van der Waals surface area (Å²) in [5.41, 5.74) is 6.11. The predicted octanol–water partition coefficient (Wildman–Crippen LogP) is 4.16. The first-order valence-corrected chi connectivity index (χ1v) is 9.32. The highest BCUT2D eigenvalue weighted by Gasteiger charge is 2.11. The smallest absolute Gasteiger partial charge is 0.100 e. The van der Waals surface area contributed by atoms with E-state index in [9.17, 15) is 0 Å². The highest BCUT2D eigenvalue weighted by atomic mass is 15.3. The molecule has 0 aliphatic carbocycles. The van der Waals surface area contributed by atoms with Crippen molar-refractivity contribution in [3.05, 3.63) is 78.5 Å². The molecule has 0 fully saturated rings. The Kier molecular flexibility index (Phi) is 5.03. The number of aryl methyl sites for hydroxylation is 2. The fraction of sp³-hybridized carbons (Fsp3) is 0.174. The van der Waals surface area contributed by atoms with E-state index in [-0.39, 0.29) is 0 Å². The van der Waals surface area contributed by atoms with E-state index in [1.165, 1.54) is 0 Å². The van der Waals surface area contributed by atoms with Crippen molar-refractivity contribution in [1.29, 1.82) is 0 Å². The minimum Gasteiger partial charge on any atom is -0.275 e. The minimum atomic E-state index is 0.917. The largest absolute Gasteiger partial charge is 0.275 e. The molecule has 0 radical (unpaired) electrons. The Morgan fingerprint density at radius 1 is 0.893 bits per heavy atom. The SMILES string of the molecule is CCCn1cc(C#Cc2ccc(-c3nn(C)cc3-c3ccncc3)cc2)cn1. The molecule has 28 heavy (non-hydrogen) atoms. The maximum Gasteiger partial charge on any atom is 0.100 e. The lowest BCUT2D eigenvalue weighted by Crippen LogP contribution is -1.95. The van der Waals surface area contributed by atoms with Crippen LogP contribution in [0.3, 0.4) is 0 Å². The zero-order chi connectivity index (χ0) is 19.3. The molecule has 5 nitrogen and oxygen atoms in total. The molecule has 5 heteroatoms. The van der Waals surface area contributed by atoms with Crippen molar-refractivity contribution < 1.29 is 0 Å². The molecule has 0 saturated heterocycles. The summed E-state index contributed by atoms with van der Waals surface area (Å²) >= 11 is 0. The number of hydrogen-bond acceptors (Lipinski definition) is 3. The van der Waals surface area contributed by atoms with Crippen LogP contribution in [0.15, 0.2) is 67.4 Å². The average molecular weight is 367 g/mol. The van der Waals surface area contributed by atoms with Gasteiger partial charge in [-0.2, -0.15) is 10.2 Å². The number of pyridine rings is 1. The normalized spacial score (nSPS) is 10.5. The summed E-state index contributed by atoms with van der Waals surface area (Å²) in [6.45, 7) is 3.05. The summed E-state index contributed by atoms with van der Waals surface area (Å²) in [4.78, 5) is 4.10. The van der Waals surface area contributed by atoms with Gasteiger partial charge in [0.15, 0.2) is 0 Å². The number of rotatable bonds is 4. The van der Waals surface area contributed by atoms with Gasteiger partial charge in [-0.3, -0.25) is 14.3 Å². The van der Waals surface area contributed by atoms with Crippen molar-refractivity contribution in [1.82, 2.24) is 24.5 Å². The number of hydrogen-bond donors (Lipinski definition) is 0. The standard InChI is InChI=1S/C23H21N5/c1-3-14-28-16-19(15-25-28)5-4-18-6-8-21(9-7-18)23-22(17-27(2)26-23)20-10-12-24-13-11-20/h6-13,15-17H,3,14H2,1-2H3. The molecule has 4 rings (SSSR count). The van der Waals surface area contributed by atoms with Crippen molar-refractivity contribution >= 4 is 0 Å². The zero-order valence-corrected chi connectivity index (χ0v) is 16.0. The van der Waals surface area contributed by atoms with Gasteiger partial charge < -0.3 is 0 Å². The van der Waals surface area contributed by atoms with E-state index in [4.69, 9.17) is 0 Å². The Balaban J connectivity index is 1.59. The van der Waals surface area contributed by atoms with E-state index >= 15 is 0 Å². The van der Waals surface area contributed by atoms with Crippen LogP contribution >= 0.6 is 0 Å². The fourth-order valence-corrected chi connectivity index (χ4v) is 3.08. The maximum atomic E-state index is 4.65. The van der Waals surface area contributed by atoms with E-state index < -0.39 is 0 Å². The van der Waals surface area contributed by atoms with Crippen molar-refractivity contribution in [2.24, 2.45) is 7.05 Å². The van der Waals surface area contributed by atoms with Crippen LogP contribution < -0.4 is 0 Å². The van der Waals surface area contributed by atoms with Crippen LogP contribution in [-0.4, -0.2) is 24.5 Å². The summed E-state index contributed by atoms with van der Waals surface area (Å²) < 4.78 is 3.77. The van der Waals surface area contributed by atoms with Gasteiger partial charge in [0.05, 0.1) is 11.8 Å². The van der Waals surface area contributed by atoms with E-state index in [1.807, 2.05) is 59.3 Å². The summed E-state index contributed by atoms with van der Waals surface area (Å²) in [6.07, 6.45) is 10.5. The third-order valence-corrected chi connectivity index (χ3v) is 4.42. The summed E-state index contributed by atoms with van der Waals surface area (Å²) in [5.74, 6) is 6.39. The van der Waals surface area contributed by atoms with E-state index in [1.54, 1.807) is 12.4 Å². The van der Waals surface area contributed by atoms with Crippen LogP contribution in [0.25, 0.3) is 22.4 Å². The lowest BCUT2D eigenvalue weighted by Gasteiger charge is -2.02. The lowest BCUT2D eigenvalue weighted by atomic mass is 10.0. The second-order valence-electron chi connectivity index (χ2n) is 6.62. The first kappa shape index (κ1) is 17.7. The molecule has 3 heterocycles. The monoisotopic (exact) mass is 367 g/mol. The zero-order valence-electron chi connectivity index (χ0n) is 16.0. The molecule has 138 valence electrons. The molecular formula is C23H21N5. The third-order valence-electron chi connectivity index (χ3n) is 4.42. The van der Waals surface area contributed by atoms with E-state index in [0.717, 1.165) is 46.5 Å². The minimum absolute atomic E-state index is 0.917. The number of aromatic nitrogens is 5. The highest BCUT2D eigenvalue weighted by Crippen LogP contribution is 2.30. The lowest BCUT2D eigenvalue weighted by molar-refractivity contribution is 0.602. The third kappa shape index (κ3) is 3.86. The molecular weight excluding hydrogens is 346 g/mol. The topological polar surface area (TPSA) is 48.5 Å². The van der Waals surface area contributed by atoms with Gasteiger partial charge >= 0.3 is 0 Å². The number of nitrogens with zero attached hydrogens (tertiary/aromatic N) is 5. The fourth-order valence-electron chi connectivity index (χ4n) is 3.08. The molecule has 0 unspecified atom stereocenters. The molecule has 0 aliphatic rings. The first-order chi connectivity index (χ1) is 13.7. The van der Waals surface area contributed by atoms with Gasteiger partial charge in [-0.25, -0.2) is 0 Å². The predicted molar refractivity (Wildman–Crippen MR) is 110 cm³/mol. The average Bonchev–Trinajstić information content (AvgIpc) is 3.34. The van der Waals surface area contributed by atoms with Gasteiger partial charge in [-0.1, -0.05) is 30.9 Å². The summed E-state index contributed by atoms with van der Waals surface area (Å²) in [7, 11) is 1.94. The Hall–Kier alpha value is -3.65. The molecule has 3 aromatic heterocycles. The molecule has 0 N–H and O–H groups in total. The van der Waals surface area contributed by atoms with Crippen LogP contribution in [-0.2, 0) is 13.6 Å². The second-order valence-corrected chi connectivity index (χ2v) is 6.62. The molecule has 0 atom stereocenters. The Morgan fingerprint density at radius 3 is 2.39 bits per heavy atom. The quantitative estimate of drug-likeness (QED) is 0.509. The molecule has 4 aromatic rings. The molecule has 0 aliphatic heterocycles. The van der Waals surface area contributed by atoms with Gasteiger partial charge in [-0.05, 0) is 36.2 Å². The molecule has 0 bridgehead atoms. The van der Waals surface area contributed by atoms with Crippen LogP contribution in [0.5, 0.6) is 0 Å². The van der Waals surface area contributed by atoms with E-state index in [2.05, 4.69) is 46.1 Å². The second kappa shape index (κ2) is 7.93. The Labute approximate surface area is 164 Å². The van der Waals surface area contributed by atoms with E-state index in [0.29, 0.717) is 0 Å². The Morgan fingerprint density at radius 2 is 1.64 bits per heavy atom. The summed E-state index contributed by atoms with van der Waals surface area (Å²) in [6, 6.07) is 12.2. The summed E-state index contributed by atoms with van der Waals surface area (Å²) in [5, 5.41) is 8.96. The van der Waals surface area contributed by atoms with Crippen molar-refractivity contribution in [2.45, 2.75) is 19.9 Å². The molecule has 0 spiro atoms. The van der Waals surface area contributed by atoms with Gasteiger partial charge in [0, 0.05) is 55.1 Å². The Bertz CT molecular complexity index is 1130. The van der Waals surface area contributed by atoms with Crippen LogP contribution in [0.1, 0.15) is 24.5 Å². The van der Waals surface area contributed by atoms with Crippen LogP contribution in [0.2, 0.25) is 0 Å². The highest BCUT2D eigenvalue weighted by molar-refractivity contribution is 5.80. The van der Waals surface area contributed by atoms with Gasteiger partial charge in [0.1, 0.15) is 5.69 Å². The molecule has 0 amide bonds. The first-order valence-electron chi connectivity index (χ1n) is 9.32. The van der Waals surface area contributed by atoms with Crippen molar-refractivity contribution in [3.8, 4) is 34.2 Å². The maximum absolute atomic E-state index is 4.65. The molecule has 0 saturated carbocycles.